The molecule has 0 bridgehead atoms. The predicted molar refractivity (Wildman–Crippen MR) is 45.7 cm³/mol. The van der Waals surface area contributed by atoms with Gasteiger partial charge >= 0.3 is 0 Å². The van der Waals surface area contributed by atoms with E-state index in [1.807, 2.05) is 5.38 Å². The van der Waals surface area contributed by atoms with E-state index in [0.29, 0.717) is 12.4 Å². The van der Waals surface area contributed by atoms with Gasteiger partial charge in [-0.25, -0.2) is 4.98 Å². The summed E-state index contributed by atoms with van der Waals surface area (Å²) in [5, 5.41) is 10.1. The summed E-state index contributed by atoms with van der Waals surface area (Å²) in [4.78, 5) is 9.69. The van der Waals surface area contributed by atoms with E-state index >= 15 is 0 Å². The van der Waals surface area contributed by atoms with Crippen molar-refractivity contribution in [2.75, 3.05) is 11.4 Å². The molecule has 1 aromatic heterocycles. The lowest BCUT2D eigenvalue weighted by Crippen LogP contribution is -2.24. The maximum Gasteiger partial charge on any atom is 0.196 e. The van der Waals surface area contributed by atoms with Gasteiger partial charge in [0.25, 0.3) is 0 Å². The highest BCUT2D eigenvalue weighted by Crippen LogP contribution is 2.17. The molecule has 0 aromatic carbocycles. The molecule has 0 radical (unpaired) electrons. The molecule has 0 amide bonds. The van der Waals surface area contributed by atoms with Crippen LogP contribution < -0.4 is 4.90 Å². The molecular formula is C6H6N4S. The van der Waals surface area contributed by atoms with Gasteiger partial charge in [0.2, 0.25) is 0 Å². The Balaban J connectivity index is 2.30. The molecule has 0 atom stereocenters. The minimum absolute atomic E-state index is 0.472. The van der Waals surface area contributed by atoms with Gasteiger partial charge in [-0.1, -0.05) is 0 Å². The number of thiazole rings is 1. The lowest BCUT2D eigenvalue weighted by atomic mass is 10.6. The fraction of sp³-hybridized carbons (Fsp3) is 0.167. The Bertz CT molecular complexity index is 290. The van der Waals surface area contributed by atoms with Crippen molar-refractivity contribution >= 4 is 28.6 Å². The minimum Gasteiger partial charge on any atom is -0.286 e. The number of hydrogen-bond acceptors (Lipinski definition) is 4. The van der Waals surface area contributed by atoms with E-state index in [4.69, 9.17) is 5.41 Å². The van der Waals surface area contributed by atoms with E-state index in [0.717, 1.165) is 5.13 Å². The Morgan fingerprint density at radius 2 is 2.55 bits per heavy atom. The Morgan fingerprint density at radius 1 is 1.64 bits per heavy atom. The topological polar surface area (TPSA) is 52.3 Å². The molecule has 0 aliphatic carbocycles. The molecule has 1 aliphatic rings. The average Bonchev–Trinajstić information content (AvgIpc) is 2.55. The van der Waals surface area contributed by atoms with Gasteiger partial charge in [0.15, 0.2) is 5.13 Å². The molecule has 1 N–H and O–H groups in total. The SMILES string of the molecule is N=C1CN=CN1c1nccs1. The van der Waals surface area contributed by atoms with Gasteiger partial charge in [-0.05, 0) is 0 Å². The van der Waals surface area contributed by atoms with Crippen LogP contribution >= 0.6 is 11.3 Å². The molecule has 5 heteroatoms. The first-order valence-corrected chi connectivity index (χ1v) is 4.02. The number of aliphatic imine (C=N–C) groups is 1. The number of hydrogen-bond donors (Lipinski definition) is 1. The fourth-order valence-electron chi connectivity index (χ4n) is 0.855. The monoisotopic (exact) mass is 166 g/mol. The Morgan fingerprint density at radius 3 is 3.09 bits per heavy atom. The highest BCUT2D eigenvalue weighted by atomic mass is 32.1. The lowest BCUT2D eigenvalue weighted by molar-refractivity contribution is 1.27. The minimum atomic E-state index is 0.472. The van der Waals surface area contributed by atoms with Crippen LogP contribution in [0.5, 0.6) is 0 Å². The zero-order valence-corrected chi connectivity index (χ0v) is 6.51. The van der Waals surface area contributed by atoms with Crippen LogP contribution in [0, 0.1) is 5.41 Å². The molecule has 0 saturated carbocycles. The van der Waals surface area contributed by atoms with Gasteiger partial charge in [-0.15, -0.1) is 11.3 Å². The van der Waals surface area contributed by atoms with E-state index in [1.54, 1.807) is 17.4 Å². The van der Waals surface area contributed by atoms with Crippen LogP contribution in [0.2, 0.25) is 0 Å². The van der Waals surface area contributed by atoms with Gasteiger partial charge in [-0.2, -0.15) is 0 Å². The van der Waals surface area contributed by atoms with Crippen LogP contribution in [0.15, 0.2) is 16.6 Å². The van der Waals surface area contributed by atoms with Gasteiger partial charge in [0.05, 0.1) is 12.9 Å². The van der Waals surface area contributed by atoms with Crippen molar-refractivity contribution in [1.82, 2.24) is 4.98 Å². The number of anilines is 1. The average molecular weight is 166 g/mol. The fourth-order valence-corrected chi connectivity index (χ4v) is 1.49. The van der Waals surface area contributed by atoms with Crippen LogP contribution in [0.1, 0.15) is 0 Å². The van der Waals surface area contributed by atoms with Crippen LogP contribution in [0.4, 0.5) is 5.13 Å². The van der Waals surface area contributed by atoms with E-state index in [2.05, 4.69) is 9.98 Å². The van der Waals surface area contributed by atoms with Gasteiger partial charge in [0.1, 0.15) is 5.84 Å². The van der Waals surface area contributed by atoms with Crippen molar-refractivity contribution in [2.45, 2.75) is 0 Å². The summed E-state index contributed by atoms with van der Waals surface area (Å²) in [7, 11) is 0. The quantitative estimate of drug-likeness (QED) is 0.675. The summed E-state index contributed by atoms with van der Waals surface area (Å²) in [5.41, 5.74) is 0. The molecule has 11 heavy (non-hydrogen) atoms. The third-order valence-electron chi connectivity index (χ3n) is 1.35. The van der Waals surface area contributed by atoms with E-state index in [-0.39, 0.29) is 0 Å². The summed E-state index contributed by atoms with van der Waals surface area (Å²) in [6.07, 6.45) is 3.36. The number of nitrogens with zero attached hydrogens (tertiary/aromatic N) is 3. The van der Waals surface area contributed by atoms with Crippen molar-refractivity contribution in [3.8, 4) is 0 Å². The molecule has 2 heterocycles. The van der Waals surface area contributed by atoms with E-state index in [9.17, 15) is 0 Å². The van der Waals surface area contributed by atoms with Gasteiger partial charge < -0.3 is 0 Å². The molecule has 2 rings (SSSR count). The van der Waals surface area contributed by atoms with Gasteiger partial charge in [0, 0.05) is 11.6 Å². The second-order valence-corrected chi connectivity index (χ2v) is 2.96. The molecule has 56 valence electrons. The molecule has 0 spiro atoms. The Hall–Kier alpha value is -1.23. The Kier molecular flexibility index (Phi) is 1.43. The normalized spacial score (nSPS) is 16.4. The first-order chi connectivity index (χ1) is 5.38. The van der Waals surface area contributed by atoms with Crippen molar-refractivity contribution in [2.24, 2.45) is 4.99 Å². The summed E-state index contributed by atoms with van der Waals surface area (Å²) in [6, 6.07) is 0. The standard InChI is InChI=1S/C6H6N4S/c7-5-3-8-4-10(5)6-9-1-2-11-6/h1-2,4,7H,3H2. The maximum absolute atomic E-state index is 7.45. The third-order valence-corrected chi connectivity index (χ3v) is 2.13. The van der Waals surface area contributed by atoms with Crippen LogP contribution in [0.3, 0.4) is 0 Å². The number of aromatic nitrogens is 1. The van der Waals surface area contributed by atoms with E-state index < -0.39 is 0 Å². The third kappa shape index (κ3) is 1.03. The summed E-state index contributed by atoms with van der Waals surface area (Å²) >= 11 is 1.51. The molecular weight excluding hydrogens is 160 g/mol. The largest absolute Gasteiger partial charge is 0.286 e. The second kappa shape index (κ2) is 2.43. The summed E-state index contributed by atoms with van der Waals surface area (Å²) in [6.45, 7) is 0.472. The zero-order chi connectivity index (χ0) is 7.68. The van der Waals surface area contributed by atoms with Crippen molar-refractivity contribution in [3.05, 3.63) is 11.6 Å². The van der Waals surface area contributed by atoms with E-state index in [1.165, 1.54) is 11.3 Å². The smallest absolute Gasteiger partial charge is 0.196 e. The summed E-state index contributed by atoms with van der Waals surface area (Å²) in [5.74, 6) is 0.486. The first kappa shape index (κ1) is 6.48. The van der Waals surface area contributed by atoms with Crippen molar-refractivity contribution in [1.29, 1.82) is 5.41 Å². The zero-order valence-electron chi connectivity index (χ0n) is 5.69. The summed E-state index contributed by atoms with van der Waals surface area (Å²) < 4.78 is 0. The van der Waals surface area contributed by atoms with Crippen LogP contribution in [-0.4, -0.2) is 23.7 Å². The van der Waals surface area contributed by atoms with Crippen molar-refractivity contribution in [3.63, 3.8) is 0 Å². The van der Waals surface area contributed by atoms with Crippen LogP contribution in [0.25, 0.3) is 0 Å². The molecule has 1 aromatic rings. The predicted octanol–water partition coefficient (Wildman–Crippen LogP) is 0.969. The second-order valence-electron chi connectivity index (χ2n) is 2.09. The number of rotatable bonds is 1. The molecule has 4 nitrogen and oxygen atoms in total. The highest BCUT2D eigenvalue weighted by molar-refractivity contribution is 7.14. The molecule has 0 saturated heterocycles. The van der Waals surface area contributed by atoms with Gasteiger partial charge in [-0.3, -0.25) is 15.3 Å². The lowest BCUT2D eigenvalue weighted by Gasteiger charge is -2.08. The first-order valence-electron chi connectivity index (χ1n) is 3.14. The molecule has 1 aliphatic heterocycles. The number of nitrogens with one attached hydrogen (secondary N) is 1. The van der Waals surface area contributed by atoms with Crippen LogP contribution in [-0.2, 0) is 0 Å². The molecule has 0 unspecified atom stereocenters. The number of amidine groups is 1. The Labute approximate surface area is 67.7 Å². The van der Waals surface area contributed by atoms with Crippen molar-refractivity contribution < 1.29 is 0 Å². The maximum atomic E-state index is 7.45. The highest BCUT2D eigenvalue weighted by Gasteiger charge is 2.15. The molecule has 0 fully saturated rings.